The highest BCUT2D eigenvalue weighted by Gasteiger charge is 2.29. The molecular weight excluding hydrogens is 388 g/mol. The van der Waals surface area contributed by atoms with Crippen LogP contribution in [0.1, 0.15) is 5.56 Å². The number of hydrogen-bond acceptors (Lipinski definition) is 3. The summed E-state index contributed by atoms with van der Waals surface area (Å²) in [6.45, 7) is 1.89. The molecule has 4 rings (SSSR count). The van der Waals surface area contributed by atoms with Crippen LogP contribution in [-0.2, 0) is 16.4 Å². The summed E-state index contributed by atoms with van der Waals surface area (Å²) in [6.07, 6.45) is 2.71. The van der Waals surface area contributed by atoms with Crippen molar-refractivity contribution in [2.24, 2.45) is 0 Å². The van der Waals surface area contributed by atoms with Crippen molar-refractivity contribution in [3.05, 3.63) is 66.4 Å². The van der Waals surface area contributed by atoms with Crippen LogP contribution in [0.15, 0.2) is 65.7 Å². The predicted octanol–water partition coefficient (Wildman–Crippen LogP) is 2.43. The van der Waals surface area contributed by atoms with Crippen molar-refractivity contribution in [2.75, 3.05) is 32.7 Å². The van der Waals surface area contributed by atoms with Crippen molar-refractivity contribution in [1.29, 1.82) is 0 Å². The maximum Gasteiger partial charge on any atom is 0.317 e. The average Bonchev–Trinajstić information content (AvgIpc) is 3.17. The van der Waals surface area contributed by atoms with E-state index in [9.17, 15) is 13.2 Å². The number of benzene rings is 2. The molecule has 29 heavy (non-hydrogen) atoms. The summed E-state index contributed by atoms with van der Waals surface area (Å²) in [5, 5.41) is 4.11. The van der Waals surface area contributed by atoms with Crippen molar-refractivity contribution in [3.8, 4) is 0 Å². The summed E-state index contributed by atoms with van der Waals surface area (Å²) in [5.41, 5.74) is 2.25. The molecule has 3 aromatic rings. The van der Waals surface area contributed by atoms with Gasteiger partial charge in [-0.25, -0.2) is 13.2 Å². The summed E-state index contributed by atoms with van der Waals surface area (Å²) in [4.78, 5) is 17.7. The van der Waals surface area contributed by atoms with E-state index in [1.54, 1.807) is 35.2 Å². The topological polar surface area (TPSA) is 85.5 Å². The maximum atomic E-state index is 12.7. The number of hydrogen-bond donors (Lipinski definition) is 2. The van der Waals surface area contributed by atoms with E-state index in [4.69, 9.17) is 0 Å². The minimum absolute atomic E-state index is 0.151. The van der Waals surface area contributed by atoms with Gasteiger partial charge in [0.05, 0.1) is 4.90 Å². The first kappa shape index (κ1) is 19.5. The number of nitrogens with one attached hydrogen (secondary N) is 2. The van der Waals surface area contributed by atoms with E-state index >= 15 is 0 Å². The van der Waals surface area contributed by atoms with Crippen LogP contribution >= 0.6 is 0 Å². The molecule has 8 heteroatoms. The van der Waals surface area contributed by atoms with Crippen molar-refractivity contribution < 1.29 is 13.2 Å². The number of aromatic nitrogens is 1. The van der Waals surface area contributed by atoms with E-state index in [0.29, 0.717) is 32.7 Å². The SMILES string of the molecule is O=C(NCCc1c[nH]c2ccccc12)N1CCN(S(=O)(=O)c2ccccc2)CC1. The van der Waals surface area contributed by atoms with Crippen LogP contribution < -0.4 is 5.32 Å². The summed E-state index contributed by atoms with van der Waals surface area (Å²) in [6, 6.07) is 16.3. The zero-order valence-corrected chi connectivity index (χ0v) is 16.9. The highest BCUT2D eigenvalue weighted by Crippen LogP contribution is 2.18. The second-order valence-electron chi connectivity index (χ2n) is 7.05. The summed E-state index contributed by atoms with van der Waals surface area (Å²) in [5.74, 6) is 0. The van der Waals surface area contributed by atoms with Gasteiger partial charge in [0.15, 0.2) is 0 Å². The Bertz CT molecular complexity index is 1090. The molecule has 0 bridgehead atoms. The molecule has 1 aliphatic heterocycles. The Balaban J connectivity index is 1.28. The van der Waals surface area contributed by atoms with E-state index in [1.807, 2.05) is 24.4 Å². The van der Waals surface area contributed by atoms with Crippen LogP contribution in [-0.4, -0.2) is 61.4 Å². The van der Waals surface area contributed by atoms with Gasteiger partial charge in [-0.15, -0.1) is 0 Å². The number of aromatic amines is 1. The zero-order chi connectivity index (χ0) is 20.3. The van der Waals surface area contributed by atoms with Crippen LogP contribution in [0.2, 0.25) is 0 Å². The van der Waals surface area contributed by atoms with Crippen LogP contribution in [0, 0.1) is 0 Å². The molecule has 0 aliphatic carbocycles. The number of fused-ring (bicyclic) bond motifs is 1. The Labute approximate surface area is 170 Å². The molecule has 7 nitrogen and oxygen atoms in total. The zero-order valence-electron chi connectivity index (χ0n) is 16.0. The van der Waals surface area contributed by atoms with E-state index in [1.165, 1.54) is 15.3 Å². The normalized spacial score (nSPS) is 15.5. The predicted molar refractivity (Wildman–Crippen MR) is 112 cm³/mol. The third kappa shape index (κ3) is 4.13. The lowest BCUT2D eigenvalue weighted by atomic mass is 10.1. The number of carbonyl (C=O) groups excluding carboxylic acids is 1. The quantitative estimate of drug-likeness (QED) is 0.675. The molecule has 2 heterocycles. The fourth-order valence-corrected chi connectivity index (χ4v) is 5.07. The van der Waals surface area contributed by atoms with E-state index < -0.39 is 10.0 Å². The summed E-state index contributed by atoms with van der Waals surface area (Å²) >= 11 is 0. The highest BCUT2D eigenvalue weighted by atomic mass is 32.2. The van der Waals surface area contributed by atoms with Gasteiger partial charge < -0.3 is 15.2 Å². The first-order valence-corrected chi connectivity index (χ1v) is 11.1. The summed E-state index contributed by atoms with van der Waals surface area (Å²) in [7, 11) is -3.51. The number of piperazine rings is 1. The van der Waals surface area contributed by atoms with Crippen LogP contribution in [0.4, 0.5) is 4.79 Å². The van der Waals surface area contributed by atoms with Gasteiger partial charge in [-0.1, -0.05) is 36.4 Å². The molecule has 0 saturated carbocycles. The van der Waals surface area contributed by atoms with Crippen molar-refractivity contribution in [3.63, 3.8) is 0 Å². The lowest BCUT2D eigenvalue weighted by Crippen LogP contribution is -2.53. The fourth-order valence-electron chi connectivity index (χ4n) is 3.63. The van der Waals surface area contributed by atoms with Crippen molar-refractivity contribution >= 4 is 27.0 Å². The Morgan fingerprint density at radius 2 is 1.66 bits per heavy atom. The largest absolute Gasteiger partial charge is 0.361 e. The third-order valence-corrected chi connectivity index (χ3v) is 7.17. The van der Waals surface area contributed by atoms with Gasteiger partial charge in [0.2, 0.25) is 10.0 Å². The minimum atomic E-state index is -3.51. The number of carbonyl (C=O) groups is 1. The fraction of sp³-hybridized carbons (Fsp3) is 0.286. The molecule has 0 atom stereocenters. The number of nitrogens with zero attached hydrogens (tertiary/aromatic N) is 2. The van der Waals surface area contributed by atoms with Gasteiger partial charge in [0, 0.05) is 49.8 Å². The number of urea groups is 1. The molecule has 0 spiro atoms. The molecule has 1 saturated heterocycles. The van der Waals surface area contributed by atoms with E-state index in [2.05, 4.69) is 16.4 Å². The van der Waals surface area contributed by atoms with E-state index in [0.717, 1.165) is 11.9 Å². The van der Waals surface area contributed by atoms with Gasteiger partial charge in [-0.2, -0.15) is 4.31 Å². The van der Waals surface area contributed by atoms with Gasteiger partial charge >= 0.3 is 6.03 Å². The smallest absolute Gasteiger partial charge is 0.317 e. The van der Waals surface area contributed by atoms with Crippen molar-refractivity contribution in [1.82, 2.24) is 19.5 Å². The van der Waals surface area contributed by atoms with Gasteiger partial charge in [0.25, 0.3) is 0 Å². The third-order valence-electron chi connectivity index (χ3n) is 5.25. The van der Waals surface area contributed by atoms with Gasteiger partial charge in [-0.3, -0.25) is 0 Å². The average molecular weight is 413 g/mol. The van der Waals surface area contributed by atoms with Gasteiger partial charge in [-0.05, 0) is 30.2 Å². The minimum Gasteiger partial charge on any atom is -0.361 e. The second-order valence-corrected chi connectivity index (χ2v) is 8.98. The Kier molecular flexibility index (Phi) is 5.55. The standard InChI is InChI=1S/C21H24N4O3S/c26-21(22-11-10-17-16-23-20-9-5-4-8-19(17)20)24-12-14-25(15-13-24)29(27,28)18-6-2-1-3-7-18/h1-9,16,23H,10-15H2,(H,22,26). The first-order valence-electron chi connectivity index (χ1n) is 9.69. The monoisotopic (exact) mass is 412 g/mol. The lowest BCUT2D eigenvalue weighted by Gasteiger charge is -2.34. The molecule has 2 N–H and O–H groups in total. The molecule has 1 aromatic heterocycles. The molecular formula is C21H24N4O3S. The molecule has 0 radical (unpaired) electrons. The Morgan fingerprint density at radius 1 is 0.966 bits per heavy atom. The van der Waals surface area contributed by atoms with Gasteiger partial charge in [0.1, 0.15) is 0 Å². The Morgan fingerprint density at radius 3 is 2.41 bits per heavy atom. The second kappa shape index (κ2) is 8.26. The summed E-state index contributed by atoms with van der Waals surface area (Å²) < 4.78 is 26.8. The molecule has 1 aliphatic rings. The van der Waals surface area contributed by atoms with E-state index in [-0.39, 0.29) is 10.9 Å². The molecule has 0 unspecified atom stereocenters. The number of sulfonamides is 1. The van der Waals surface area contributed by atoms with Crippen LogP contribution in [0.5, 0.6) is 0 Å². The van der Waals surface area contributed by atoms with Crippen molar-refractivity contribution in [2.45, 2.75) is 11.3 Å². The lowest BCUT2D eigenvalue weighted by molar-refractivity contribution is 0.172. The highest BCUT2D eigenvalue weighted by molar-refractivity contribution is 7.89. The molecule has 2 amide bonds. The molecule has 152 valence electrons. The maximum absolute atomic E-state index is 12.7. The number of H-pyrrole nitrogens is 1. The number of para-hydroxylation sites is 1. The molecule has 1 fully saturated rings. The van der Waals surface area contributed by atoms with Crippen LogP contribution in [0.25, 0.3) is 10.9 Å². The Hall–Kier alpha value is -2.84. The number of amides is 2. The molecule has 2 aromatic carbocycles. The van der Waals surface area contributed by atoms with Crippen LogP contribution in [0.3, 0.4) is 0 Å². The first-order chi connectivity index (χ1) is 14.1. The number of rotatable bonds is 5.